The van der Waals surface area contributed by atoms with Gasteiger partial charge < -0.3 is 4.42 Å². The van der Waals surface area contributed by atoms with Gasteiger partial charge in [0.2, 0.25) is 0 Å². The highest BCUT2D eigenvalue weighted by Crippen LogP contribution is 2.26. The van der Waals surface area contributed by atoms with Gasteiger partial charge in [-0.15, -0.1) is 0 Å². The molecule has 0 radical (unpaired) electrons. The first-order valence-electron chi connectivity index (χ1n) is 4.50. The van der Waals surface area contributed by atoms with E-state index in [1.54, 1.807) is 0 Å². The third kappa shape index (κ3) is 1.68. The fourth-order valence-electron chi connectivity index (χ4n) is 1.36. The highest BCUT2D eigenvalue weighted by atomic mass is 35.5. The summed E-state index contributed by atoms with van der Waals surface area (Å²) in [5, 5.41) is 0.731. The van der Waals surface area contributed by atoms with Crippen molar-refractivity contribution in [3.8, 4) is 11.3 Å². The van der Waals surface area contributed by atoms with Gasteiger partial charge in [0, 0.05) is 10.6 Å². The Hall–Kier alpha value is -1.21. The van der Waals surface area contributed by atoms with Crippen molar-refractivity contribution in [2.24, 2.45) is 0 Å². The molecule has 0 atom stereocenters. The summed E-state index contributed by atoms with van der Waals surface area (Å²) in [7, 11) is 0. The molecule has 1 aromatic carbocycles. The second-order valence-electron chi connectivity index (χ2n) is 3.36. The zero-order valence-corrected chi connectivity index (χ0v) is 8.93. The van der Waals surface area contributed by atoms with Crippen LogP contribution >= 0.6 is 11.6 Å². The van der Waals surface area contributed by atoms with Gasteiger partial charge in [-0.2, -0.15) is 0 Å². The van der Waals surface area contributed by atoms with Crippen LogP contribution in [0.5, 0.6) is 0 Å². The Morgan fingerprint density at radius 2 is 1.93 bits per heavy atom. The topological polar surface area (TPSA) is 13.1 Å². The third-order valence-corrected chi connectivity index (χ3v) is 2.51. The maximum atomic E-state index is 5.90. The Labute approximate surface area is 88.3 Å². The van der Waals surface area contributed by atoms with E-state index < -0.39 is 0 Å². The minimum atomic E-state index is 0.731. The van der Waals surface area contributed by atoms with Gasteiger partial charge in [-0.05, 0) is 37.6 Å². The maximum absolute atomic E-state index is 5.90. The highest BCUT2D eigenvalue weighted by Gasteiger charge is 2.05. The molecular weight excluding hydrogens is 196 g/mol. The normalized spacial score (nSPS) is 10.5. The van der Waals surface area contributed by atoms with Crippen LogP contribution in [0.2, 0.25) is 5.02 Å². The Kier molecular flexibility index (Phi) is 2.34. The van der Waals surface area contributed by atoms with Crippen molar-refractivity contribution < 1.29 is 4.42 Å². The number of benzene rings is 1. The van der Waals surface area contributed by atoms with Crippen LogP contribution in [0, 0.1) is 13.8 Å². The molecule has 0 unspecified atom stereocenters. The largest absolute Gasteiger partial charge is 0.461 e. The lowest BCUT2D eigenvalue weighted by atomic mass is 10.1. The van der Waals surface area contributed by atoms with E-state index in [1.165, 1.54) is 5.56 Å². The quantitative estimate of drug-likeness (QED) is 0.681. The summed E-state index contributed by atoms with van der Waals surface area (Å²) in [6.45, 7) is 4.00. The van der Waals surface area contributed by atoms with Crippen LogP contribution < -0.4 is 0 Å². The molecule has 2 aromatic rings. The molecule has 0 aliphatic rings. The van der Waals surface area contributed by atoms with Crippen LogP contribution in [0.3, 0.4) is 0 Å². The molecule has 0 amide bonds. The summed E-state index contributed by atoms with van der Waals surface area (Å²) in [6, 6.07) is 9.70. The minimum Gasteiger partial charge on any atom is -0.461 e. The molecule has 2 heteroatoms. The van der Waals surface area contributed by atoms with Gasteiger partial charge in [0.05, 0.1) is 0 Å². The van der Waals surface area contributed by atoms with Gasteiger partial charge >= 0.3 is 0 Å². The maximum Gasteiger partial charge on any atom is 0.134 e. The average molecular weight is 207 g/mol. The molecule has 2 rings (SSSR count). The molecular formula is C12H11ClO. The molecule has 0 N–H and O–H groups in total. The molecule has 1 heterocycles. The van der Waals surface area contributed by atoms with Crippen molar-refractivity contribution in [1.82, 2.24) is 0 Å². The number of hydrogen-bond donors (Lipinski definition) is 0. The number of hydrogen-bond acceptors (Lipinski definition) is 1. The Morgan fingerprint density at radius 1 is 1.14 bits per heavy atom. The summed E-state index contributed by atoms with van der Waals surface area (Å²) in [6.07, 6.45) is 0. The lowest BCUT2D eigenvalue weighted by molar-refractivity contribution is 0.545. The van der Waals surface area contributed by atoms with E-state index in [4.69, 9.17) is 16.0 Å². The van der Waals surface area contributed by atoms with Crippen molar-refractivity contribution >= 4 is 11.6 Å². The molecule has 0 bridgehead atoms. The SMILES string of the molecule is Cc1cc(-c2cccc(Cl)c2)oc1C. The first kappa shape index (κ1) is 9.35. The van der Waals surface area contributed by atoms with Crippen molar-refractivity contribution in [3.63, 3.8) is 0 Å². The molecule has 14 heavy (non-hydrogen) atoms. The highest BCUT2D eigenvalue weighted by molar-refractivity contribution is 6.30. The summed E-state index contributed by atoms with van der Waals surface area (Å²) < 4.78 is 5.60. The molecule has 72 valence electrons. The fourth-order valence-corrected chi connectivity index (χ4v) is 1.55. The van der Waals surface area contributed by atoms with E-state index in [0.717, 1.165) is 22.1 Å². The Bertz CT molecular complexity index is 438. The Balaban J connectivity index is 2.49. The monoisotopic (exact) mass is 206 g/mol. The number of aryl methyl sites for hydroxylation is 2. The summed E-state index contributed by atoms with van der Waals surface area (Å²) in [5.41, 5.74) is 2.19. The zero-order chi connectivity index (χ0) is 10.1. The molecule has 0 spiro atoms. The van der Waals surface area contributed by atoms with E-state index >= 15 is 0 Å². The van der Waals surface area contributed by atoms with Crippen molar-refractivity contribution in [3.05, 3.63) is 46.7 Å². The van der Waals surface area contributed by atoms with Crippen LogP contribution in [0.4, 0.5) is 0 Å². The molecule has 1 nitrogen and oxygen atoms in total. The lowest BCUT2D eigenvalue weighted by Crippen LogP contribution is -1.72. The standard InChI is InChI=1S/C12H11ClO/c1-8-6-12(14-9(8)2)10-4-3-5-11(13)7-10/h3-7H,1-2H3. The van der Waals surface area contributed by atoms with E-state index in [1.807, 2.05) is 44.2 Å². The molecule has 0 aliphatic heterocycles. The lowest BCUT2D eigenvalue weighted by Gasteiger charge is -1.96. The first-order valence-corrected chi connectivity index (χ1v) is 4.87. The number of halogens is 1. The summed E-state index contributed by atoms with van der Waals surface area (Å²) >= 11 is 5.90. The molecule has 0 aliphatic carbocycles. The predicted molar refractivity (Wildman–Crippen MR) is 58.6 cm³/mol. The van der Waals surface area contributed by atoms with Crippen LogP contribution in [0.15, 0.2) is 34.7 Å². The van der Waals surface area contributed by atoms with Crippen molar-refractivity contribution in [2.45, 2.75) is 13.8 Å². The van der Waals surface area contributed by atoms with E-state index in [-0.39, 0.29) is 0 Å². The number of rotatable bonds is 1. The molecule has 0 saturated carbocycles. The predicted octanol–water partition coefficient (Wildman–Crippen LogP) is 4.22. The minimum absolute atomic E-state index is 0.731. The van der Waals surface area contributed by atoms with Gasteiger partial charge in [0.15, 0.2) is 0 Å². The van der Waals surface area contributed by atoms with Gasteiger partial charge in [-0.1, -0.05) is 23.7 Å². The third-order valence-electron chi connectivity index (χ3n) is 2.28. The second-order valence-corrected chi connectivity index (χ2v) is 3.80. The average Bonchev–Trinajstić information content (AvgIpc) is 2.47. The molecule has 1 aromatic heterocycles. The van der Waals surface area contributed by atoms with E-state index in [9.17, 15) is 0 Å². The number of furan rings is 1. The smallest absolute Gasteiger partial charge is 0.134 e. The van der Waals surface area contributed by atoms with Crippen molar-refractivity contribution in [1.29, 1.82) is 0 Å². The summed E-state index contributed by atoms with van der Waals surface area (Å²) in [5.74, 6) is 1.84. The van der Waals surface area contributed by atoms with Crippen LogP contribution in [-0.2, 0) is 0 Å². The van der Waals surface area contributed by atoms with Crippen LogP contribution in [0.25, 0.3) is 11.3 Å². The van der Waals surface area contributed by atoms with Gasteiger partial charge in [-0.3, -0.25) is 0 Å². The van der Waals surface area contributed by atoms with Gasteiger partial charge in [0.25, 0.3) is 0 Å². The zero-order valence-electron chi connectivity index (χ0n) is 8.17. The van der Waals surface area contributed by atoms with Crippen molar-refractivity contribution in [2.75, 3.05) is 0 Å². The second kappa shape index (κ2) is 3.50. The molecule has 0 saturated heterocycles. The van der Waals surface area contributed by atoms with Crippen LogP contribution in [-0.4, -0.2) is 0 Å². The Morgan fingerprint density at radius 3 is 2.50 bits per heavy atom. The van der Waals surface area contributed by atoms with E-state index in [0.29, 0.717) is 0 Å². The molecule has 0 fully saturated rings. The van der Waals surface area contributed by atoms with E-state index in [2.05, 4.69) is 0 Å². The van der Waals surface area contributed by atoms with Crippen LogP contribution in [0.1, 0.15) is 11.3 Å². The van der Waals surface area contributed by atoms with Gasteiger partial charge in [-0.25, -0.2) is 0 Å². The fraction of sp³-hybridized carbons (Fsp3) is 0.167. The summed E-state index contributed by atoms with van der Waals surface area (Å²) in [4.78, 5) is 0. The van der Waals surface area contributed by atoms with Gasteiger partial charge in [0.1, 0.15) is 11.5 Å². The first-order chi connectivity index (χ1) is 6.66.